The maximum Gasteiger partial charge on any atom is 0.0220 e. The van der Waals surface area contributed by atoms with E-state index < -0.39 is 0 Å². The van der Waals surface area contributed by atoms with Crippen molar-refractivity contribution in [2.75, 3.05) is 20.1 Å². The van der Waals surface area contributed by atoms with Gasteiger partial charge in [-0.3, -0.25) is 0 Å². The molecular formula is C11H24N2. The van der Waals surface area contributed by atoms with E-state index >= 15 is 0 Å². The summed E-state index contributed by atoms with van der Waals surface area (Å²) in [6.07, 6.45) is 2.61. The Hall–Kier alpha value is -0.0800. The summed E-state index contributed by atoms with van der Waals surface area (Å²) in [5.74, 6) is 0.818. The van der Waals surface area contributed by atoms with Gasteiger partial charge in [-0.25, -0.2) is 0 Å². The lowest BCUT2D eigenvalue weighted by Gasteiger charge is -2.38. The normalized spacial score (nSPS) is 35.3. The summed E-state index contributed by atoms with van der Waals surface area (Å²) >= 11 is 0. The highest BCUT2D eigenvalue weighted by atomic mass is 15.2. The predicted octanol–water partition coefficient (Wildman–Crippen LogP) is 1.71. The first-order chi connectivity index (χ1) is 6.15. The lowest BCUT2D eigenvalue weighted by atomic mass is 9.90. The van der Waals surface area contributed by atoms with E-state index in [0.717, 1.165) is 12.0 Å². The molecule has 1 aliphatic heterocycles. The van der Waals surface area contributed by atoms with Crippen molar-refractivity contribution in [3.05, 3.63) is 0 Å². The molecule has 1 fully saturated rings. The summed E-state index contributed by atoms with van der Waals surface area (Å²) in [4.78, 5) is 2.50. The molecule has 78 valence electrons. The van der Waals surface area contributed by atoms with Crippen LogP contribution in [0, 0.1) is 5.92 Å². The molecule has 0 saturated carbocycles. The molecule has 1 aliphatic rings. The Morgan fingerprint density at radius 1 is 1.38 bits per heavy atom. The summed E-state index contributed by atoms with van der Waals surface area (Å²) in [6, 6.07) is 1.46. The Balaban J connectivity index is 2.36. The molecule has 0 radical (unpaired) electrons. The Morgan fingerprint density at radius 2 is 2.08 bits per heavy atom. The zero-order chi connectivity index (χ0) is 9.84. The van der Waals surface area contributed by atoms with Gasteiger partial charge in [0.15, 0.2) is 0 Å². The smallest absolute Gasteiger partial charge is 0.0220 e. The van der Waals surface area contributed by atoms with Crippen molar-refractivity contribution < 1.29 is 0 Å². The van der Waals surface area contributed by atoms with Gasteiger partial charge in [0, 0.05) is 18.6 Å². The Morgan fingerprint density at radius 3 is 2.62 bits per heavy atom. The van der Waals surface area contributed by atoms with Crippen LogP contribution in [-0.4, -0.2) is 37.1 Å². The van der Waals surface area contributed by atoms with Gasteiger partial charge in [-0.15, -0.1) is 0 Å². The van der Waals surface area contributed by atoms with Crippen molar-refractivity contribution in [2.24, 2.45) is 5.92 Å². The van der Waals surface area contributed by atoms with E-state index in [1.54, 1.807) is 0 Å². The highest BCUT2D eigenvalue weighted by Gasteiger charge is 2.25. The Labute approximate surface area is 82.7 Å². The first-order valence-electron chi connectivity index (χ1n) is 5.58. The van der Waals surface area contributed by atoms with Crippen LogP contribution in [0.2, 0.25) is 0 Å². The van der Waals surface area contributed by atoms with Crippen LogP contribution in [-0.2, 0) is 0 Å². The van der Waals surface area contributed by atoms with E-state index in [-0.39, 0.29) is 0 Å². The highest BCUT2D eigenvalue weighted by Crippen LogP contribution is 2.18. The van der Waals surface area contributed by atoms with Crippen molar-refractivity contribution >= 4 is 0 Å². The van der Waals surface area contributed by atoms with Gasteiger partial charge in [0.05, 0.1) is 0 Å². The predicted molar refractivity (Wildman–Crippen MR) is 58.0 cm³/mol. The monoisotopic (exact) mass is 184 g/mol. The third-order valence-corrected chi connectivity index (χ3v) is 3.37. The van der Waals surface area contributed by atoms with Gasteiger partial charge in [-0.05, 0) is 39.3 Å². The Bertz CT molecular complexity index is 147. The van der Waals surface area contributed by atoms with E-state index in [1.807, 2.05) is 0 Å². The van der Waals surface area contributed by atoms with Crippen LogP contribution < -0.4 is 5.32 Å². The molecule has 0 amide bonds. The topological polar surface area (TPSA) is 15.3 Å². The van der Waals surface area contributed by atoms with Gasteiger partial charge in [-0.2, -0.15) is 0 Å². The molecular weight excluding hydrogens is 160 g/mol. The summed E-state index contributed by atoms with van der Waals surface area (Å²) in [7, 11) is 2.25. The summed E-state index contributed by atoms with van der Waals surface area (Å²) in [5, 5.41) is 3.58. The molecule has 1 heterocycles. The molecule has 1 N–H and O–H groups in total. The third-order valence-electron chi connectivity index (χ3n) is 3.37. The number of piperidine rings is 1. The van der Waals surface area contributed by atoms with Gasteiger partial charge >= 0.3 is 0 Å². The van der Waals surface area contributed by atoms with Crippen LogP contribution in [0.25, 0.3) is 0 Å². The third kappa shape index (κ3) is 2.96. The summed E-state index contributed by atoms with van der Waals surface area (Å²) in [5.41, 5.74) is 0. The van der Waals surface area contributed by atoms with Crippen LogP contribution in [0.4, 0.5) is 0 Å². The average molecular weight is 184 g/mol. The molecule has 2 nitrogen and oxygen atoms in total. The molecule has 2 heteroatoms. The van der Waals surface area contributed by atoms with Gasteiger partial charge < -0.3 is 10.2 Å². The number of nitrogens with zero attached hydrogens (tertiary/aromatic N) is 1. The van der Waals surface area contributed by atoms with Crippen LogP contribution in [0.1, 0.15) is 33.6 Å². The molecule has 0 aromatic carbocycles. The van der Waals surface area contributed by atoms with Crippen molar-refractivity contribution in [3.8, 4) is 0 Å². The van der Waals surface area contributed by atoms with Gasteiger partial charge in [0.25, 0.3) is 0 Å². The lowest BCUT2D eigenvalue weighted by molar-refractivity contribution is 0.153. The van der Waals surface area contributed by atoms with Crippen molar-refractivity contribution in [3.63, 3.8) is 0 Å². The van der Waals surface area contributed by atoms with Crippen molar-refractivity contribution in [2.45, 2.75) is 45.7 Å². The zero-order valence-electron chi connectivity index (χ0n) is 9.51. The Kier molecular flexibility index (Phi) is 4.20. The fourth-order valence-electron chi connectivity index (χ4n) is 2.11. The molecule has 3 atom stereocenters. The molecule has 1 saturated heterocycles. The number of hydrogen-bond donors (Lipinski definition) is 1. The maximum atomic E-state index is 3.58. The molecule has 13 heavy (non-hydrogen) atoms. The van der Waals surface area contributed by atoms with E-state index in [9.17, 15) is 0 Å². The minimum atomic E-state index is 0.700. The van der Waals surface area contributed by atoms with Crippen molar-refractivity contribution in [1.82, 2.24) is 10.2 Å². The molecule has 0 aromatic rings. The average Bonchev–Trinajstić information content (AvgIpc) is 2.10. The summed E-state index contributed by atoms with van der Waals surface area (Å²) < 4.78 is 0. The molecule has 0 spiro atoms. The quantitative estimate of drug-likeness (QED) is 0.718. The van der Waals surface area contributed by atoms with E-state index in [1.165, 1.54) is 25.9 Å². The first-order valence-corrected chi connectivity index (χ1v) is 5.58. The van der Waals surface area contributed by atoms with Crippen LogP contribution >= 0.6 is 0 Å². The second kappa shape index (κ2) is 4.97. The minimum absolute atomic E-state index is 0.700. The SMILES string of the molecule is CCCN(C)C1CNC(C)C(C)C1. The van der Waals surface area contributed by atoms with Crippen molar-refractivity contribution in [1.29, 1.82) is 0 Å². The fourth-order valence-corrected chi connectivity index (χ4v) is 2.11. The van der Waals surface area contributed by atoms with Crippen LogP contribution in [0.3, 0.4) is 0 Å². The second-order valence-corrected chi connectivity index (χ2v) is 4.54. The van der Waals surface area contributed by atoms with Gasteiger partial charge in [-0.1, -0.05) is 13.8 Å². The second-order valence-electron chi connectivity index (χ2n) is 4.54. The zero-order valence-corrected chi connectivity index (χ0v) is 9.51. The largest absolute Gasteiger partial charge is 0.312 e. The van der Waals surface area contributed by atoms with Crippen LogP contribution in [0.15, 0.2) is 0 Å². The highest BCUT2D eigenvalue weighted by molar-refractivity contribution is 4.84. The maximum absolute atomic E-state index is 3.58. The van der Waals surface area contributed by atoms with E-state index in [0.29, 0.717) is 6.04 Å². The van der Waals surface area contributed by atoms with E-state index in [4.69, 9.17) is 0 Å². The first kappa shape index (κ1) is 11.0. The number of nitrogens with one attached hydrogen (secondary N) is 1. The number of hydrogen-bond acceptors (Lipinski definition) is 2. The molecule has 0 bridgehead atoms. The van der Waals surface area contributed by atoms with Gasteiger partial charge in [0.1, 0.15) is 0 Å². The molecule has 0 aromatic heterocycles. The number of likely N-dealkylation sites (N-methyl/N-ethyl adjacent to an activating group) is 1. The molecule has 0 aliphatic carbocycles. The van der Waals surface area contributed by atoms with Gasteiger partial charge in [0.2, 0.25) is 0 Å². The molecule has 1 rings (SSSR count). The molecule has 3 unspecified atom stereocenters. The minimum Gasteiger partial charge on any atom is -0.312 e. The number of rotatable bonds is 3. The summed E-state index contributed by atoms with van der Waals surface area (Å²) in [6.45, 7) is 9.29. The standard InChI is InChI=1S/C11H24N2/c1-5-6-13(4)11-7-9(2)10(3)12-8-11/h9-12H,5-8H2,1-4H3. The lowest BCUT2D eigenvalue weighted by Crippen LogP contribution is -2.51. The fraction of sp³-hybridized carbons (Fsp3) is 1.00. The van der Waals surface area contributed by atoms with E-state index in [2.05, 4.69) is 38.0 Å². The van der Waals surface area contributed by atoms with Crippen LogP contribution in [0.5, 0.6) is 0 Å².